The number of carbonyl (C=O) groups is 2. The first kappa shape index (κ1) is 19.1. The molecule has 1 amide bonds. The maximum absolute atomic E-state index is 12.6. The van der Waals surface area contributed by atoms with Gasteiger partial charge in [-0.3, -0.25) is 9.59 Å². The molecule has 1 aliphatic carbocycles. The Labute approximate surface area is 165 Å². The number of benzene rings is 1. The molecule has 0 aliphatic heterocycles. The van der Waals surface area contributed by atoms with E-state index in [-0.39, 0.29) is 5.91 Å². The van der Waals surface area contributed by atoms with Crippen molar-refractivity contribution in [2.75, 3.05) is 5.32 Å². The number of carboxylic acid groups (broad SMARTS) is 1. The van der Waals surface area contributed by atoms with Crippen molar-refractivity contribution in [1.29, 1.82) is 0 Å². The number of amides is 1. The van der Waals surface area contributed by atoms with Crippen molar-refractivity contribution in [3.63, 3.8) is 0 Å². The monoisotopic (exact) mass is 412 g/mol. The summed E-state index contributed by atoms with van der Waals surface area (Å²) in [6.07, 6.45) is 2.83. The molecule has 0 spiro atoms. The Hall–Kier alpha value is -1.63. The van der Waals surface area contributed by atoms with Crippen LogP contribution in [0.2, 0.25) is 10.0 Å². The smallest absolute Gasteiger partial charge is 0.307 e. The van der Waals surface area contributed by atoms with Crippen LogP contribution in [0.25, 0.3) is 11.3 Å². The van der Waals surface area contributed by atoms with Gasteiger partial charge in [-0.05, 0) is 38.0 Å². The highest BCUT2D eigenvalue weighted by Gasteiger charge is 2.36. The minimum Gasteiger partial charge on any atom is -0.481 e. The van der Waals surface area contributed by atoms with E-state index in [1.807, 2.05) is 6.92 Å². The highest BCUT2D eigenvalue weighted by molar-refractivity contribution is 7.16. The summed E-state index contributed by atoms with van der Waals surface area (Å²) in [5.74, 6) is -2.34. The van der Waals surface area contributed by atoms with Crippen LogP contribution >= 0.6 is 34.5 Å². The lowest BCUT2D eigenvalue weighted by atomic mass is 9.79. The van der Waals surface area contributed by atoms with Crippen LogP contribution in [0.15, 0.2) is 18.2 Å². The van der Waals surface area contributed by atoms with E-state index in [1.54, 1.807) is 18.2 Å². The van der Waals surface area contributed by atoms with Crippen molar-refractivity contribution in [1.82, 2.24) is 4.98 Å². The van der Waals surface area contributed by atoms with Gasteiger partial charge in [-0.1, -0.05) is 36.0 Å². The average molecular weight is 413 g/mol. The van der Waals surface area contributed by atoms with Gasteiger partial charge in [-0.25, -0.2) is 4.98 Å². The van der Waals surface area contributed by atoms with E-state index >= 15 is 0 Å². The zero-order valence-corrected chi connectivity index (χ0v) is 16.4. The first-order chi connectivity index (χ1) is 12.4. The lowest BCUT2D eigenvalue weighted by molar-refractivity contribution is -0.147. The number of rotatable bonds is 4. The van der Waals surface area contributed by atoms with Crippen molar-refractivity contribution in [3.05, 3.63) is 33.1 Å². The van der Waals surface area contributed by atoms with Gasteiger partial charge in [0, 0.05) is 15.5 Å². The van der Waals surface area contributed by atoms with E-state index in [4.69, 9.17) is 23.2 Å². The number of anilines is 1. The Morgan fingerprint density at radius 1 is 1.23 bits per heavy atom. The predicted molar refractivity (Wildman–Crippen MR) is 104 cm³/mol. The second-order valence-corrected chi connectivity index (χ2v) is 8.42. The van der Waals surface area contributed by atoms with Gasteiger partial charge in [0.25, 0.3) is 0 Å². The second-order valence-electron chi connectivity index (χ2n) is 6.37. The summed E-state index contributed by atoms with van der Waals surface area (Å²) in [5, 5.41) is 13.6. The quantitative estimate of drug-likeness (QED) is 0.717. The van der Waals surface area contributed by atoms with E-state index in [0.717, 1.165) is 23.3 Å². The molecule has 2 atom stereocenters. The number of thiazole rings is 1. The van der Waals surface area contributed by atoms with Crippen LogP contribution in [0, 0.1) is 18.8 Å². The van der Waals surface area contributed by atoms with Crippen LogP contribution in [0.3, 0.4) is 0 Å². The van der Waals surface area contributed by atoms with Crippen LogP contribution in [-0.2, 0) is 9.59 Å². The molecule has 1 fully saturated rings. The Bertz CT molecular complexity index is 853. The number of nitrogens with one attached hydrogen (secondary N) is 1. The number of nitrogens with zero attached hydrogens (tertiary/aromatic N) is 1. The first-order valence-corrected chi connectivity index (χ1v) is 9.90. The zero-order chi connectivity index (χ0) is 18.8. The summed E-state index contributed by atoms with van der Waals surface area (Å²) < 4.78 is 0. The standard InChI is InChI=1S/C18H18Cl2N2O3S/c1-9-15(13-7-6-10(19)8-14(13)20)21-18(26-9)22-16(23)11-4-2-3-5-12(11)17(24)25/h6-8,11-12H,2-5H2,1H3,(H,24,25)(H,21,22,23)/t11-,12+/m0/s1. The molecule has 2 aromatic rings. The first-order valence-electron chi connectivity index (χ1n) is 8.33. The molecule has 26 heavy (non-hydrogen) atoms. The highest BCUT2D eigenvalue weighted by Crippen LogP contribution is 2.37. The summed E-state index contributed by atoms with van der Waals surface area (Å²) in [7, 11) is 0. The van der Waals surface area contributed by atoms with Gasteiger partial charge in [0.15, 0.2) is 5.13 Å². The summed E-state index contributed by atoms with van der Waals surface area (Å²) in [6.45, 7) is 1.90. The lowest BCUT2D eigenvalue weighted by Crippen LogP contribution is -2.36. The molecular formula is C18H18Cl2N2O3S. The number of hydrogen-bond acceptors (Lipinski definition) is 4. The summed E-state index contributed by atoms with van der Waals surface area (Å²) >= 11 is 13.5. The van der Waals surface area contributed by atoms with E-state index in [0.29, 0.717) is 33.7 Å². The number of hydrogen-bond donors (Lipinski definition) is 2. The number of aryl methyl sites for hydroxylation is 1. The van der Waals surface area contributed by atoms with Crippen LogP contribution < -0.4 is 5.32 Å². The number of halogens is 2. The molecule has 1 aliphatic rings. The van der Waals surface area contributed by atoms with E-state index < -0.39 is 17.8 Å². The molecule has 0 radical (unpaired) electrons. The van der Waals surface area contributed by atoms with Crippen LogP contribution in [0.4, 0.5) is 5.13 Å². The minimum absolute atomic E-state index is 0.278. The fourth-order valence-electron chi connectivity index (χ4n) is 3.32. The normalized spacial score (nSPS) is 20.0. The molecule has 1 heterocycles. The Balaban J connectivity index is 1.80. The largest absolute Gasteiger partial charge is 0.481 e. The minimum atomic E-state index is -0.909. The molecule has 1 aromatic heterocycles. The fraction of sp³-hybridized carbons (Fsp3) is 0.389. The molecule has 0 unspecified atom stereocenters. The summed E-state index contributed by atoms with van der Waals surface area (Å²) in [6, 6.07) is 5.17. The third-order valence-corrected chi connectivity index (χ3v) is 6.07. The van der Waals surface area contributed by atoms with Gasteiger partial charge in [-0.2, -0.15) is 0 Å². The number of carbonyl (C=O) groups excluding carboxylic acids is 1. The second kappa shape index (κ2) is 7.94. The Kier molecular flexibility index (Phi) is 5.85. The number of aliphatic carboxylic acids is 1. The predicted octanol–water partition coefficient (Wildman–Crippen LogP) is 5.25. The van der Waals surface area contributed by atoms with Crippen molar-refractivity contribution >= 4 is 51.5 Å². The van der Waals surface area contributed by atoms with Crippen molar-refractivity contribution in [3.8, 4) is 11.3 Å². The van der Waals surface area contributed by atoms with E-state index in [9.17, 15) is 14.7 Å². The molecule has 8 heteroatoms. The molecule has 5 nitrogen and oxygen atoms in total. The van der Waals surface area contributed by atoms with Crippen molar-refractivity contribution in [2.45, 2.75) is 32.6 Å². The zero-order valence-electron chi connectivity index (χ0n) is 14.1. The van der Waals surface area contributed by atoms with Gasteiger partial charge in [-0.15, -0.1) is 11.3 Å². The maximum atomic E-state index is 12.6. The van der Waals surface area contributed by atoms with E-state index in [1.165, 1.54) is 11.3 Å². The highest BCUT2D eigenvalue weighted by atomic mass is 35.5. The fourth-order valence-corrected chi connectivity index (χ4v) is 4.65. The average Bonchev–Trinajstić information content (AvgIpc) is 2.94. The van der Waals surface area contributed by atoms with Gasteiger partial charge in [0.2, 0.25) is 5.91 Å². The van der Waals surface area contributed by atoms with Gasteiger partial charge in [0.1, 0.15) is 0 Å². The maximum Gasteiger partial charge on any atom is 0.307 e. The molecule has 0 saturated heterocycles. The van der Waals surface area contributed by atoms with Crippen LogP contribution in [-0.4, -0.2) is 22.0 Å². The molecule has 1 saturated carbocycles. The third-order valence-electron chi connectivity index (χ3n) is 4.63. The van der Waals surface area contributed by atoms with Crippen LogP contribution in [0.1, 0.15) is 30.6 Å². The van der Waals surface area contributed by atoms with Crippen LogP contribution in [0.5, 0.6) is 0 Å². The molecular weight excluding hydrogens is 395 g/mol. The summed E-state index contributed by atoms with van der Waals surface area (Å²) in [4.78, 5) is 29.4. The Morgan fingerprint density at radius 3 is 2.58 bits per heavy atom. The van der Waals surface area contributed by atoms with Gasteiger partial charge in [0.05, 0.1) is 22.6 Å². The topological polar surface area (TPSA) is 79.3 Å². The third kappa shape index (κ3) is 4.03. The van der Waals surface area contributed by atoms with E-state index in [2.05, 4.69) is 10.3 Å². The molecule has 0 bridgehead atoms. The van der Waals surface area contributed by atoms with Crippen molar-refractivity contribution < 1.29 is 14.7 Å². The molecule has 3 rings (SSSR count). The number of carboxylic acids is 1. The summed E-state index contributed by atoms with van der Waals surface area (Å²) in [5.41, 5.74) is 1.43. The van der Waals surface area contributed by atoms with Gasteiger partial charge >= 0.3 is 5.97 Å². The Morgan fingerprint density at radius 2 is 1.92 bits per heavy atom. The SMILES string of the molecule is Cc1sc(NC(=O)[C@H]2CCCC[C@H]2C(=O)O)nc1-c1ccc(Cl)cc1Cl. The molecule has 2 N–H and O–H groups in total. The molecule has 138 valence electrons. The number of aromatic nitrogens is 1. The molecule has 1 aromatic carbocycles. The van der Waals surface area contributed by atoms with Gasteiger partial charge < -0.3 is 10.4 Å². The van der Waals surface area contributed by atoms with Crippen molar-refractivity contribution in [2.24, 2.45) is 11.8 Å². The lowest BCUT2D eigenvalue weighted by Gasteiger charge is -2.26.